The lowest BCUT2D eigenvalue weighted by molar-refractivity contribution is 0.506. The van der Waals surface area contributed by atoms with Crippen LogP contribution in [0.4, 0.5) is 17.6 Å². The molecule has 2 N–H and O–H groups in total. The molecular weight excluding hydrogens is 290 g/mol. The summed E-state index contributed by atoms with van der Waals surface area (Å²) in [6, 6.07) is 6.05. The average molecular weight is 301 g/mol. The highest BCUT2D eigenvalue weighted by Crippen LogP contribution is 2.26. The SMILES string of the molecule is NC(CSc1ccc(F)cc1F)c1ccc(F)c(F)c1. The van der Waals surface area contributed by atoms with Gasteiger partial charge in [-0.1, -0.05) is 6.07 Å². The van der Waals surface area contributed by atoms with Crippen molar-refractivity contribution in [2.75, 3.05) is 5.75 Å². The van der Waals surface area contributed by atoms with Gasteiger partial charge in [-0.15, -0.1) is 11.8 Å². The van der Waals surface area contributed by atoms with Crippen LogP contribution in [0.3, 0.4) is 0 Å². The van der Waals surface area contributed by atoms with Crippen LogP contribution in [-0.4, -0.2) is 5.75 Å². The molecule has 0 fully saturated rings. The van der Waals surface area contributed by atoms with Crippen LogP contribution in [0.2, 0.25) is 0 Å². The highest BCUT2D eigenvalue weighted by molar-refractivity contribution is 7.99. The average Bonchev–Trinajstić information content (AvgIpc) is 2.40. The Labute approximate surface area is 117 Å². The lowest BCUT2D eigenvalue weighted by atomic mass is 10.1. The summed E-state index contributed by atoms with van der Waals surface area (Å²) in [6.45, 7) is 0. The van der Waals surface area contributed by atoms with Crippen LogP contribution in [0.15, 0.2) is 41.3 Å². The maximum Gasteiger partial charge on any atom is 0.159 e. The van der Waals surface area contributed by atoms with Crippen molar-refractivity contribution < 1.29 is 17.6 Å². The zero-order valence-electron chi connectivity index (χ0n) is 10.2. The van der Waals surface area contributed by atoms with E-state index in [0.29, 0.717) is 5.56 Å². The zero-order valence-corrected chi connectivity index (χ0v) is 11.1. The molecule has 0 aromatic heterocycles. The lowest BCUT2D eigenvalue weighted by Crippen LogP contribution is -2.13. The molecule has 1 unspecified atom stereocenters. The predicted molar refractivity (Wildman–Crippen MR) is 70.4 cm³/mol. The predicted octanol–water partition coefficient (Wildman–Crippen LogP) is 4.04. The summed E-state index contributed by atoms with van der Waals surface area (Å²) < 4.78 is 52.0. The summed E-state index contributed by atoms with van der Waals surface area (Å²) in [4.78, 5) is 0.254. The van der Waals surface area contributed by atoms with Crippen molar-refractivity contribution >= 4 is 11.8 Å². The molecule has 6 heteroatoms. The van der Waals surface area contributed by atoms with E-state index < -0.39 is 29.3 Å². The third-order valence-electron chi connectivity index (χ3n) is 2.68. The van der Waals surface area contributed by atoms with Crippen molar-refractivity contribution in [1.82, 2.24) is 0 Å². The van der Waals surface area contributed by atoms with Crippen LogP contribution in [-0.2, 0) is 0 Å². The Hall–Kier alpha value is -1.53. The molecule has 0 bridgehead atoms. The van der Waals surface area contributed by atoms with Gasteiger partial charge in [0.1, 0.15) is 11.6 Å². The van der Waals surface area contributed by atoms with Crippen molar-refractivity contribution in [2.24, 2.45) is 5.73 Å². The third kappa shape index (κ3) is 3.52. The molecule has 2 aromatic carbocycles. The van der Waals surface area contributed by atoms with Crippen molar-refractivity contribution in [3.8, 4) is 0 Å². The molecule has 0 aliphatic rings. The highest BCUT2D eigenvalue weighted by atomic mass is 32.2. The number of hydrogen-bond acceptors (Lipinski definition) is 2. The molecule has 0 amide bonds. The maximum absolute atomic E-state index is 13.4. The first-order chi connectivity index (χ1) is 9.47. The molecule has 20 heavy (non-hydrogen) atoms. The van der Waals surface area contributed by atoms with Crippen molar-refractivity contribution in [1.29, 1.82) is 0 Å². The Morgan fingerprint density at radius 1 is 0.900 bits per heavy atom. The van der Waals surface area contributed by atoms with Crippen molar-refractivity contribution in [3.63, 3.8) is 0 Å². The van der Waals surface area contributed by atoms with E-state index in [1.165, 1.54) is 12.1 Å². The van der Waals surface area contributed by atoms with E-state index >= 15 is 0 Å². The second kappa shape index (κ2) is 6.28. The summed E-state index contributed by atoms with van der Waals surface area (Å²) in [6.07, 6.45) is 0. The number of halogens is 4. The van der Waals surface area contributed by atoms with Crippen LogP contribution in [0.1, 0.15) is 11.6 Å². The number of rotatable bonds is 4. The molecule has 1 nitrogen and oxygen atoms in total. The van der Waals surface area contributed by atoms with Crippen molar-refractivity contribution in [2.45, 2.75) is 10.9 Å². The molecule has 106 valence electrons. The fraction of sp³-hybridized carbons (Fsp3) is 0.143. The van der Waals surface area contributed by atoms with Crippen LogP contribution in [0.25, 0.3) is 0 Å². The standard InChI is InChI=1S/C14H11F4NS/c15-9-2-4-14(12(18)6-9)20-7-13(19)8-1-3-10(16)11(17)5-8/h1-6,13H,7,19H2. The summed E-state index contributed by atoms with van der Waals surface area (Å²) in [7, 11) is 0. The molecule has 1 atom stereocenters. The smallest absolute Gasteiger partial charge is 0.159 e. The first-order valence-electron chi connectivity index (χ1n) is 5.76. The van der Waals surface area contributed by atoms with Gasteiger partial charge in [0.2, 0.25) is 0 Å². The summed E-state index contributed by atoms with van der Waals surface area (Å²) in [5, 5.41) is 0. The van der Waals surface area contributed by atoms with Gasteiger partial charge in [0.15, 0.2) is 11.6 Å². The summed E-state index contributed by atoms with van der Waals surface area (Å²) in [5.41, 5.74) is 6.25. The van der Waals surface area contributed by atoms with Crippen LogP contribution in [0, 0.1) is 23.3 Å². The molecular formula is C14H11F4NS. The van der Waals surface area contributed by atoms with E-state index in [0.717, 1.165) is 36.0 Å². The van der Waals surface area contributed by atoms with Gasteiger partial charge >= 0.3 is 0 Å². The van der Waals surface area contributed by atoms with E-state index in [2.05, 4.69) is 0 Å². The molecule has 0 saturated heterocycles. The van der Waals surface area contributed by atoms with Gasteiger partial charge in [0.25, 0.3) is 0 Å². The molecule has 2 rings (SSSR count). The number of thioether (sulfide) groups is 1. The number of hydrogen-bond donors (Lipinski definition) is 1. The van der Waals surface area contributed by atoms with Gasteiger partial charge in [-0.2, -0.15) is 0 Å². The zero-order chi connectivity index (χ0) is 14.7. The topological polar surface area (TPSA) is 26.0 Å². The minimum atomic E-state index is -0.976. The van der Waals surface area contributed by atoms with Gasteiger partial charge in [-0.05, 0) is 29.8 Å². The maximum atomic E-state index is 13.4. The Kier molecular flexibility index (Phi) is 4.67. The Morgan fingerprint density at radius 2 is 1.65 bits per heavy atom. The molecule has 0 aliphatic heterocycles. The van der Waals surface area contributed by atoms with E-state index in [1.54, 1.807) is 0 Å². The third-order valence-corrected chi connectivity index (χ3v) is 3.85. The molecule has 0 spiro atoms. The second-order valence-corrected chi connectivity index (χ2v) is 5.23. The molecule has 0 radical (unpaired) electrons. The largest absolute Gasteiger partial charge is 0.323 e. The summed E-state index contributed by atoms with van der Waals surface area (Å²) >= 11 is 1.09. The minimum Gasteiger partial charge on any atom is -0.323 e. The Bertz CT molecular complexity index is 618. The van der Waals surface area contributed by atoms with Gasteiger partial charge in [-0.3, -0.25) is 0 Å². The van der Waals surface area contributed by atoms with E-state index in [9.17, 15) is 17.6 Å². The number of benzene rings is 2. The van der Waals surface area contributed by atoms with Gasteiger partial charge in [0.05, 0.1) is 0 Å². The second-order valence-electron chi connectivity index (χ2n) is 4.17. The lowest BCUT2D eigenvalue weighted by Gasteiger charge is -2.12. The quantitative estimate of drug-likeness (QED) is 0.681. The minimum absolute atomic E-state index is 0.254. The van der Waals surface area contributed by atoms with Crippen LogP contribution < -0.4 is 5.73 Å². The molecule has 2 aromatic rings. The van der Waals surface area contributed by atoms with Crippen LogP contribution in [0.5, 0.6) is 0 Å². The molecule has 0 aliphatic carbocycles. The van der Waals surface area contributed by atoms with E-state index in [1.807, 2.05) is 0 Å². The van der Waals surface area contributed by atoms with E-state index in [4.69, 9.17) is 5.73 Å². The van der Waals surface area contributed by atoms with Gasteiger partial charge < -0.3 is 5.73 Å². The Morgan fingerprint density at radius 3 is 2.30 bits per heavy atom. The Balaban J connectivity index is 2.04. The van der Waals surface area contributed by atoms with Gasteiger partial charge in [0, 0.05) is 22.8 Å². The number of nitrogens with two attached hydrogens (primary N) is 1. The normalized spacial score (nSPS) is 12.4. The summed E-state index contributed by atoms with van der Waals surface area (Å²) in [5.74, 6) is -2.99. The fourth-order valence-electron chi connectivity index (χ4n) is 1.61. The molecule has 0 heterocycles. The fourth-order valence-corrected chi connectivity index (χ4v) is 2.52. The van der Waals surface area contributed by atoms with E-state index in [-0.39, 0.29) is 10.6 Å². The van der Waals surface area contributed by atoms with Crippen LogP contribution >= 0.6 is 11.8 Å². The first kappa shape index (κ1) is 14.9. The molecule has 0 saturated carbocycles. The van der Waals surface area contributed by atoms with Gasteiger partial charge in [-0.25, -0.2) is 17.6 Å². The first-order valence-corrected chi connectivity index (χ1v) is 6.74. The highest BCUT2D eigenvalue weighted by Gasteiger charge is 2.12. The monoisotopic (exact) mass is 301 g/mol. The van der Waals surface area contributed by atoms with Crippen molar-refractivity contribution in [3.05, 3.63) is 65.2 Å².